The first-order valence-electron chi connectivity index (χ1n) is 13.1. The molecule has 9 nitrogen and oxygen atoms in total. The SMILES string of the molecule is COCc1ccc(C(c2ccccn2)C2CCN(C(=O)N3CCC4OCC(=O)N[C@@H]4C3)CC2)cc1OC. The maximum atomic E-state index is 13.4. The van der Waals surface area contributed by atoms with E-state index in [0.717, 1.165) is 41.8 Å². The molecule has 2 aromatic rings. The van der Waals surface area contributed by atoms with Gasteiger partial charge in [-0.2, -0.15) is 0 Å². The summed E-state index contributed by atoms with van der Waals surface area (Å²) in [6.07, 6.45) is 4.35. The number of fused-ring (bicyclic) bond motifs is 1. The number of hydrogen-bond acceptors (Lipinski definition) is 6. The lowest BCUT2D eigenvalue weighted by molar-refractivity contribution is -0.139. The molecule has 3 saturated heterocycles. The molecule has 1 N–H and O–H groups in total. The van der Waals surface area contributed by atoms with Crippen molar-refractivity contribution in [2.45, 2.75) is 43.9 Å². The number of carbonyl (C=O) groups is 2. The number of ether oxygens (including phenoxy) is 3. The van der Waals surface area contributed by atoms with Crippen molar-refractivity contribution in [1.29, 1.82) is 0 Å². The van der Waals surface area contributed by atoms with Gasteiger partial charge >= 0.3 is 6.03 Å². The van der Waals surface area contributed by atoms with E-state index in [1.165, 1.54) is 0 Å². The van der Waals surface area contributed by atoms with Crippen LogP contribution in [0.2, 0.25) is 0 Å². The van der Waals surface area contributed by atoms with Crippen LogP contribution in [0.5, 0.6) is 5.75 Å². The number of carbonyl (C=O) groups excluding carboxylic acids is 2. The Morgan fingerprint density at radius 2 is 1.95 bits per heavy atom. The molecule has 0 spiro atoms. The Morgan fingerprint density at radius 1 is 1.14 bits per heavy atom. The Balaban J connectivity index is 1.28. The number of benzene rings is 1. The monoisotopic (exact) mass is 508 g/mol. The van der Waals surface area contributed by atoms with E-state index in [1.54, 1.807) is 14.2 Å². The number of pyridine rings is 1. The summed E-state index contributed by atoms with van der Waals surface area (Å²) in [5.41, 5.74) is 3.21. The largest absolute Gasteiger partial charge is 0.496 e. The molecule has 3 atom stereocenters. The minimum absolute atomic E-state index is 0.00103. The number of hydrogen-bond donors (Lipinski definition) is 1. The van der Waals surface area contributed by atoms with Crippen LogP contribution in [0.1, 0.15) is 42.0 Å². The van der Waals surface area contributed by atoms with Gasteiger partial charge in [0.25, 0.3) is 0 Å². The average molecular weight is 509 g/mol. The summed E-state index contributed by atoms with van der Waals surface area (Å²) in [6.45, 7) is 3.14. The fourth-order valence-electron chi connectivity index (χ4n) is 5.97. The Morgan fingerprint density at radius 3 is 2.68 bits per heavy atom. The van der Waals surface area contributed by atoms with E-state index >= 15 is 0 Å². The van der Waals surface area contributed by atoms with E-state index < -0.39 is 0 Å². The summed E-state index contributed by atoms with van der Waals surface area (Å²) in [5, 5.41) is 2.98. The number of methoxy groups -OCH3 is 2. The van der Waals surface area contributed by atoms with Gasteiger partial charge in [-0.1, -0.05) is 18.2 Å². The smallest absolute Gasteiger partial charge is 0.320 e. The number of morpholine rings is 1. The van der Waals surface area contributed by atoms with E-state index in [-0.39, 0.29) is 36.6 Å². The third-order valence-corrected chi connectivity index (χ3v) is 7.85. The quantitative estimate of drug-likeness (QED) is 0.645. The topological polar surface area (TPSA) is 93.2 Å². The summed E-state index contributed by atoms with van der Waals surface area (Å²) >= 11 is 0. The number of amides is 3. The van der Waals surface area contributed by atoms with Crippen molar-refractivity contribution in [3.8, 4) is 5.75 Å². The molecular formula is C28H36N4O5. The number of urea groups is 1. The first-order chi connectivity index (χ1) is 18.1. The maximum Gasteiger partial charge on any atom is 0.320 e. The second kappa shape index (κ2) is 11.5. The van der Waals surface area contributed by atoms with Crippen molar-refractivity contribution in [1.82, 2.24) is 20.1 Å². The minimum Gasteiger partial charge on any atom is -0.496 e. The molecule has 198 valence electrons. The maximum absolute atomic E-state index is 13.4. The van der Waals surface area contributed by atoms with Crippen LogP contribution in [0.15, 0.2) is 42.6 Å². The Bertz CT molecular complexity index is 1090. The molecule has 0 aliphatic carbocycles. The lowest BCUT2D eigenvalue weighted by Crippen LogP contribution is -2.62. The predicted molar refractivity (Wildman–Crippen MR) is 137 cm³/mol. The highest BCUT2D eigenvalue weighted by atomic mass is 16.5. The van der Waals surface area contributed by atoms with Crippen LogP contribution < -0.4 is 10.1 Å². The Labute approximate surface area is 218 Å². The van der Waals surface area contributed by atoms with Gasteiger partial charge in [-0.25, -0.2) is 4.79 Å². The highest BCUT2D eigenvalue weighted by molar-refractivity contribution is 5.79. The van der Waals surface area contributed by atoms with Crippen LogP contribution in [0.25, 0.3) is 0 Å². The highest BCUT2D eigenvalue weighted by Gasteiger charge is 2.39. The van der Waals surface area contributed by atoms with Crippen LogP contribution in [0.3, 0.4) is 0 Å². The van der Waals surface area contributed by atoms with E-state index in [0.29, 0.717) is 38.7 Å². The number of nitrogens with one attached hydrogen (secondary N) is 1. The molecule has 4 heterocycles. The van der Waals surface area contributed by atoms with Gasteiger partial charge in [-0.15, -0.1) is 0 Å². The Kier molecular flexibility index (Phi) is 7.90. The molecule has 9 heteroatoms. The van der Waals surface area contributed by atoms with Gasteiger partial charge in [0.2, 0.25) is 5.91 Å². The molecule has 2 unspecified atom stereocenters. The molecule has 3 fully saturated rings. The lowest BCUT2D eigenvalue weighted by atomic mass is 9.77. The van der Waals surface area contributed by atoms with Crippen molar-refractivity contribution >= 4 is 11.9 Å². The molecule has 3 aliphatic heterocycles. The average Bonchev–Trinajstić information content (AvgIpc) is 2.94. The molecule has 0 saturated carbocycles. The van der Waals surface area contributed by atoms with E-state index in [4.69, 9.17) is 19.2 Å². The van der Waals surface area contributed by atoms with E-state index in [1.807, 2.05) is 28.1 Å². The van der Waals surface area contributed by atoms with Crippen molar-refractivity contribution in [2.75, 3.05) is 47.0 Å². The zero-order valence-corrected chi connectivity index (χ0v) is 21.6. The summed E-state index contributed by atoms with van der Waals surface area (Å²) in [6, 6.07) is 12.3. The number of rotatable bonds is 6. The van der Waals surface area contributed by atoms with E-state index in [2.05, 4.69) is 29.6 Å². The summed E-state index contributed by atoms with van der Waals surface area (Å²) in [4.78, 5) is 33.7. The standard InChI is InChI=1S/C28H36N4O5/c1-35-17-21-7-6-20(15-25(21)36-2)27(22-5-3-4-11-29-22)19-8-12-31(13-9-19)28(34)32-14-10-24-23(16-32)30-26(33)18-37-24/h3-7,11,15,19,23-24,27H,8-10,12-14,16-18H2,1-2H3,(H,30,33)/t23-,24?,27?/m1/s1. The van der Waals surface area contributed by atoms with Gasteiger partial charge in [0.05, 0.1) is 25.9 Å². The second-order valence-corrected chi connectivity index (χ2v) is 10.1. The summed E-state index contributed by atoms with van der Waals surface area (Å²) < 4.78 is 16.7. The molecule has 0 bridgehead atoms. The van der Waals surface area contributed by atoms with Crippen LogP contribution >= 0.6 is 0 Å². The zero-order valence-electron chi connectivity index (χ0n) is 21.6. The third-order valence-electron chi connectivity index (χ3n) is 7.85. The molecule has 1 aromatic carbocycles. The first-order valence-corrected chi connectivity index (χ1v) is 13.1. The van der Waals surface area contributed by atoms with Crippen LogP contribution in [0.4, 0.5) is 4.79 Å². The fourth-order valence-corrected chi connectivity index (χ4v) is 5.97. The van der Waals surface area contributed by atoms with Gasteiger partial charge < -0.3 is 29.3 Å². The number of nitrogens with zero attached hydrogens (tertiary/aromatic N) is 3. The van der Waals surface area contributed by atoms with Gasteiger partial charge in [-0.3, -0.25) is 9.78 Å². The fraction of sp³-hybridized carbons (Fsp3) is 0.536. The molecule has 3 aliphatic rings. The number of piperidine rings is 2. The van der Waals surface area contributed by atoms with Crippen molar-refractivity contribution in [2.24, 2.45) is 5.92 Å². The molecular weight excluding hydrogens is 472 g/mol. The minimum atomic E-state index is -0.124. The molecule has 5 rings (SSSR count). The third kappa shape index (κ3) is 5.57. The van der Waals surface area contributed by atoms with Gasteiger partial charge in [0.15, 0.2) is 0 Å². The number of likely N-dealkylation sites (tertiary alicyclic amines) is 2. The lowest BCUT2D eigenvalue weighted by Gasteiger charge is -2.44. The van der Waals surface area contributed by atoms with Crippen LogP contribution in [0, 0.1) is 5.92 Å². The summed E-state index contributed by atoms with van der Waals surface area (Å²) in [5.74, 6) is 1.15. The number of aromatic nitrogens is 1. The molecule has 3 amide bonds. The molecule has 0 radical (unpaired) electrons. The van der Waals surface area contributed by atoms with Gasteiger partial charge in [0.1, 0.15) is 12.4 Å². The predicted octanol–water partition coefficient (Wildman–Crippen LogP) is 2.79. The second-order valence-electron chi connectivity index (χ2n) is 10.1. The summed E-state index contributed by atoms with van der Waals surface area (Å²) in [7, 11) is 3.37. The van der Waals surface area contributed by atoms with Crippen molar-refractivity contribution < 1.29 is 23.8 Å². The van der Waals surface area contributed by atoms with E-state index in [9.17, 15) is 9.59 Å². The highest BCUT2D eigenvalue weighted by Crippen LogP contribution is 2.39. The van der Waals surface area contributed by atoms with Crippen molar-refractivity contribution in [3.63, 3.8) is 0 Å². The van der Waals surface area contributed by atoms with Gasteiger partial charge in [0, 0.05) is 56.7 Å². The molecule has 37 heavy (non-hydrogen) atoms. The van der Waals surface area contributed by atoms with Crippen LogP contribution in [-0.4, -0.2) is 85.9 Å². The zero-order chi connectivity index (χ0) is 25.8. The van der Waals surface area contributed by atoms with Crippen LogP contribution in [-0.2, 0) is 20.9 Å². The normalized spacial score (nSPS) is 23.2. The van der Waals surface area contributed by atoms with Gasteiger partial charge in [-0.05, 0) is 48.9 Å². The molecule has 1 aromatic heterocycles. The van der Waals surface area contributed by atoms with Crippen molar-refractivity contribution in [3.05, 3.63) is 59.4 Å². The Hall–Kier alpha value is -3.17. The first kappa shape index (κ1) is 25.5.